The molecule has 0 aliphatic rings. The lowest BCUT2D eigenvalue weighted by Gasteiger charge is -2.37. The number of carbonyl (C=O) groups is 1. The molecule has 1 aromatic rings. The van der Waals surface area contributed by atoms with E-state index >= 15 is 0 Å². The molecule has 0 fully saturated rings. The van der Waals surface area contributed by atoms with Gasteiger partial charge in [-0.25, -0.2) is 4.98 Å². The van der Waals surface area contributed by atoms with Crippen molar-refractivity contribution in [2.24, 2.45) is 5.92 Å². The number of ether oxygens (including phenoxy) is 1. The number of amides is 1. The van der Waals surface area contributed by atoms with Crippen molar-refractivity contribution in [2.75, 3.05) is 19.8 Å². The molecule has 2 unspecified atom stereocenters. The first-order valence-corrected chi connectivity index (χ1v) is 12.8. The summed E-state index contributed by atoms with van der Waals surface area (Å²) in [6.45, 7) is 12.2. The Morgan fingerprint density at radius 3 is 2.47 bits per heavy atom. The molecule has 1 aromatic heterocycles. The number of aryl methyl sites for hydroxylation is 1. The van der Waals surface area contributed by atoms with E-state index in [1.165, 1.54) is 19.3 Å². The molecule has 0 bridgehead atoms. The van der Waals surface area contributed by atoms with Crippen molar-refractivity contribution in [3.05, 3.63) is 16.1 Å². The Morgan fingerprint density at radius 1 is 1.17 bits per heavy atom. The molecule has 0 spiro atoms. The zero-order valence-electron chi connectivity index (χ0n) is 19.9. The van der Waals surface area contributed by atoms with Crippen LogP contribution in [0.5, 0.6) is 0 Å². The summed E-state index contributed by atoms with van der Waals surface area (Å²) in [7, 11) is 0. The average molecular weight is 441 g/mol. The van der Waals surface area contributed by atoms with E-state index in [9.17, 15) is 4.79 Å². The highest BCUT2D eigenvalue weighted by atomic mass is 32.1. The third-order valence-corrected chi connectivity index (χ3v) is 6.53. The first kappa shape index (κ1) is 27.1. The van der Waals surface area contributed by atoms with Gasteiger partial charge in [0.2, 0.25) is 5.91 Å². The molecule has 1 amide bonds. The molecule has 0 saturated carbocycles. The number of unbranched alkanes of at least 4 members (excludes halogenated alkanes) is 4. The van der Waals surface area contributed by atoms with E-state index in [4.69, 9.17) is 9.84 Å². The Kier molecular flexibility index (Phi) is 14.2. The van der Waals surface area contributed by atoms with Crippen molar-refractivity contribution in [1.29, 1.82) is 0 Å². The maximum Gasteiger partial charge on any atom is 0.222 e. The molecule has 6 heteroatoms. The van der Waals surface area contributed by atoms with Crippen LogP contribution in [-0.2, 0) is 9.53 Å². The monoisotopic (exact) mass is 440 g/mol. The highest BCUT2D eigenvalue weighted by Crippen LogP contribution is 2.31. The molecule has 174 valence electrons. The maximum absolute atomic E-state index is 13.1. The van der Waals surface area contributed by atoms with Crippen molar-refractivity contribution in [3.8, 4) is 0 Å². The van der Waals surface area contributed by atoms with Gasteiger partial charge in [-0.2, -0.15) is 0 Å². The van der Waals surface area contributed by atoms with Crippen LogP contribution in [0.1, 0.15) is 102 Å². The zero-order valence-corrected chi connectivity index (χ0v) is 20.7. The zero-order chi connectivity index (χ0) is 22.4. The topological polar surface area (TPSA) is 62.7 Å². The Balaban J connectivity index is 3.00. The van der Waals surface area contributed by atoms with E-state index in [0.29, 0.717) is 25.4 Å². The second-order valence-electron chi connectivity index (χ2n) is 8.56. The van der Waals surface area contributed by atoms with Crippen LogP contribution in [0.2, 0.25) is 0 Å². The van der Waals surface area contributed by atoms with Crippen molar-refractivity contribution in [2.45, 2.75) is 105 Å². The summed E-state index contributed by atoms with van der Waals surface area (Å²) in [5.41, 5.74) is 1.00. The van der Waals surface area contributed by atoms with Crippen molar-refractivity contribution in [3.63, 3.8) is 0 Å². The Hall–Kier alpha value is -0.980. The van der Waals surface area contributed by atoms with Gasteiger partial charge in [-0.3, -0.25) is 4.79 Å². The van der Waals surface area contributed by atoms with Crippen molar-refractivity contribution >= 4 is 17.2 Å². The fourth-order valence-corrected chi connectivity index (χ4v) is 4.54. The number of aliphatic hydroxyl groups is 1. The summed E-state index contributed by atoms with van der Waals surface area (Å²) in [4.78, 5) is 19.9. The largest absolute Gasteiger partial charge is 0.396 e. The van der Waals surface area contributed by atoms with E-state index in [1.54, 1.807) is 11.3 Å². The standard InChI is InChI=1S/C24H44N2O3S/c1-6-8-10-11-14-26(23(28)13-9-7-2)21(19(3)4)17-22(29-16-12-15-27)24-25-20(5)18-30-24/h18-19,21-22,27H,6-17H2,1-5H3. The smallest absolute Gasteiger partial charge is 0.222 e. The molecule has 1 heterocycles. The molecular formula is C24H44N2O3S. The normalized spacial score (nSPS) is 13.6. The minimum atomic E-state index is -0.139. The molecule has 0 aliphatic carbocycles. The number of hydrogen-bond donors (Lipinski definition) is 1. The van der Waals surface area contributed by atoms with Gasteiger partial charge in [0.15, 0.2) is 0 Å². The summed E-state index contributed by atoms with van der Waals surface area (Å²) in [5, 5.41) is 12.2. The lowest BCUT2D eigenvalue weighted by atomic mass is 9.95. The molecule has 1 N–H and O–H groups in total. The summed E-state index contributed by atoms with van der Waals surface area (Å²) < 4.78 is 6.17. The van der Waals surface area contributed by atoms with Crippen LogP contribution in [-0.4, -0.2) is 46.7 Å². The first-order valence-electron chi connectivity index (χ1n) is 11.9. The lowest BCUT2D eigenvalue weighted by molar-refractivity contribution is -0.136. The highest BCUT2D eigenvalue weighted by Gasteiger charge is 2.30. The second-order valence-corrected chi connectivity index (χ2v) is 9.45. The van der Waals surface area contributed by atoms with Gasteiger partial charge >= 0.3 is 0 Å². The van der Waals surface area contributed by atoms with Gasteiger partial charge in [0.25, 0.3) is 0 Å². The predicted octanol–water partition coefficient (Wildman–Crippen LogP) is 5.91. The van der Waals surface area contributed by atoms with Crippen LogP contribution in [0.25, 0.3) is 0 Å². The number of aromatic nitrogens is 1. The fourth-order valence-electron chi connectivity index (χ4n) is 3.68. The van der Waals surface area contributed by atoms with E-state index in [-0.39, 0.29) is 24.7 Å². The molecular weight excluding hydrogens is 396 g/mol. The number of rotatable bonds is 17. The summed E-state index contributed by atoms with van der Waals surface area (Å²) in [6, 6.07) is 0.124. The Bertz CT molecular complexity index is 577. The second kappa shape index (κ2) is 15.8. The quantitative estimate of drug-likeness (QED) is 0.306. The molecule has 0 saturated heterocycles. The molecule has 1 rings (SSSR count). The molecule has 0 aliphatic heterocycles. The average Bonchev–Trinajstić information content (AvgIpc) is 3.15. The summed E-state index contributed by atoms with van der Waals surface area (Å²) in [6.07, 6.45) is 8.47. The third kappa shape index (κ3) is 9.88. The van der Waals surface area contributed by atoms with E-state index in [0.717, 1.165) is 42.9 Å². The fraction of sp³-hybridized carbons (Fsp3) is 0.833. The molecule has 0 radical (unpaired) electrons. The SMILES string of the molecule is CCCCCCN(C(=O)CCCC)C(CC(OCCCO)c1nc(C)cs1)C(C)C. The van der Waals surface area contributed by atoms with E-state index < -0.39 is 0 Å². The number of carbonyl (C=O) groups excluding carboxylic acids is 1. The van der Waals surface area contributed by atoms with Gasteiger partial charge in [-0.1, -0.05) is 53.4 Å². The lowest BCUT2D eigenvalue weighted by Crippen LogP contribution is -2.45. The van der Waals surface area contributed by atoms with Gasteiger partial charge in [-0.05, 0) is 32.1 Å². The molecule has 0 aromatic carbocycles. The molecule has 30 heavy (non-hydrogen) atoms. The summed E-state index contributed by atoms with van der Waals surface area (Å²) in [5.74, 6) is 0.614. The van der Waals surface area contributed by atoms with Gasteiger partial charge in [-0.15, -0.1) is 11.3 Å². The first-order chi connectivity index (χ1) is 14.4. The number of thiazole rings is 1. The van der Waals surface area contributed by atoms with Crippen LogP contribution in [0, 0.1) is 12.8 Å². The van der Waals surface area contributed by atoms with Gasteiger partial charge in [0, 0.05) is 49.7 Å². The maximum atomic E-state index is 13.1. The van der Waals surface area contributed by atoms with Crippen LogP contribution in [0.4, 0.5) is 0 Å². The Morgan fingerprint density at radius 2 is 1.90 bits per heavy atom. The molecule has 2 atom stereocenters. The number of hydrogen-bond acceptors (Lipinski definition) is 5. The Labute approximate surface area is 188 Å². The van der Waals surface area contributed by atoms with Gasteiger partial charge in [0.1, 0.15) is 11.1 Å². The number of aliphatic hydroxyl groups excluding tert-OH is 1. The number of nitrogens with zero attached hydrogens (tertiary/aromatic N) is 2. The van der Waals surface area contributed by atoms with Crippen molar-refractivity contribution < 1.29 is 14.6 Å². The van der Waals surface area contributed by atoms with Gasteiger partial charge < -0.3 is 14.7 Å². The highest BCUT2D eigenvalue weighted by molar-refractivity contribution is 7.09. The van der Waals surface area contributed by atoms with Crippen LogP contribution in [0.3, 0.4) is 0 Å². The van der Waals surface area contributed by atoms with E-state index in [2.05, 4.69) is 43.0 Å². The minimum absolute atomic E-state index is 0.121. The summed E-state index contributed by atoms with van der Waals surface area (Å²) >= 11 is 1.63. The molecule has 5 nitrogen and oxygen atoms in total. The van der Waals surface area contributed by atoms with Crippen LogP contribution < -0.4 is 0 Å². The predicted molar refractivity (Wildman–Crippen MR) is 126 cm³/mol. The van der Waals surface area contributed by atoms with E-state index in [1.807, 2.05) is 6.92 Å². The van der Waals surface area contributed by atoms with Crippen LogP contribution in [0.15, 0.2) is 5.38 Å². The van der Waals surface area contributed by atoms with Crippen molar-refractivity contribution in [1.82, 2.24) is 9.88 Å². The van der Waals surface area contributed by atoms with Crippen LogP contribution >= 0.6 is 11.3 Å². The van der Waals surface area contributed by atoms with Gasteiger partial charge in [0.05, 0.1) is 0 Å². The third-order valence-electron chi connectivity index (χ3n) is 5.48. The minimum Gasteiger partial charge on any atom is -0.396 e.